The van der Waals surface area contributed by atoms with Crippen molar-refractivity contribution < 1.29 is 19.1 Å². The van der Waals surface area contributed by atoms with E-state index in [4.69, 9.17) is 9.47 Å². The predicted octanol–water partition coefficient (Wildman–Crippen LogP) is 1.97. The number of rotatable bonds is 3. The van der Waals surface area contributed by atoms with Gasteiger partial charge in [0.25, 0.3) is 0 Å². The van der Waals surface area contributed by atoms with Crippen LogP contribution in [-0.2, 0) is 14.3 Å². The molecular weight excluding hydrogens is 234 g/mol. The Hall–Kier alpha value is -1.52. The molecule has 0 bridgehead atoms. The lowest BCUT2D eigenvalue weighted by atomic mass is 9.86. The first kappa shape index (κ1) is 14.5. The Kier molecular flexibility index (Phi) is 4.38. The summed E-state index contributed by atoms with van der Waals surface area (Å²) in [6, 6.07) is -0.204. The molecule has 0 aromatic rings. The van der Waals surface area contributed by atoms with Crippen LogP contribution in [0.3, 0.4) is 0 Å². The number of esters is 1. The van der Waals surface area contributed by atoms with Crippen molar-refractivity contribution in [2.24, 2.45) is 5.92 Å². The highest BCUT2D eigenvalue weighted by Crippen LogP contribution is 2.30. The molecule has 102 valence electrons. The van der Waals surface area contributed by atoms with Gasteiger partial charge < -0.3 is 14.4 Å². The number of ether oxygens (including phenoxy) is 2. The molecule has 0 aromatic heterocycles. The van der Waals surface area contributed by atoms with Gasteiger partial charge in [-0.1, -0.05) is 6.08 Å². The monoisotopic (exact) mass is 255 g/mol. The van der Waals surface area contributed by atoms with Gasteiger partial charge in [0.1, 0.15) is 5.60 Å². The summed E-state index contributed by atoms with van der Waals surface area (Å²) in [7, 11) is 1.35. The van der Waals surface area contributed by atoms with Crippen LogP contribution in [0.25, 0.3) is 0 Å². The summed E-state index contributed by atoms with van der Waals surface area (Å²) in [5, 5.41) is 0. The number of carbonyl (C=O) groups excluding carboxylic acids is 2. The zero-order chi connectivity index (χ0) is 13.9. The Balaban J connectivity index is 2.66. The first-order chi connectivity index (χ1) is 8.30. The third-order valence-corrected chi connectivity index (χ3v) is 2.80. The van der Waals surface area contributed by atoms with E-state index in [0.717, 1.165) is 0 Å². The number of amides is 1. The molecule has 0 saturated carbocycles. The van der Waals surface area contributed by atoms with Crippen molar-refractivity contribution in [2.75, 3.05) is 13.7 Å². The molecule has 5 nitrogen and oxygen atoms in total. The van der Waals surface area contributed by atoms with Crippen molar-refractivity contribution in [3.05, 3.63) is 12.7 Å². The van der Waals surface area contributed by atoms with Crippen molar-refractivity contribution >= 4 is 12.1 Å². The van der Waals surface area contributed by atoms with E-state index in [1.54, 1.807) is 11.0 Å². The summed E-state index contributed by atoms with van der Waals surface area (Å²) >= 11 is 0. The van der Waals surface area contributed by atoms with Gasteiger partial charge in [-0.2, -0.15) is 0 Å². The van der Waals surface area contributed by atoms with Gasteiger partial charge in [-0.3, -0.25) is 4.79 Å². The molecule has 5 heteroatoms. The van der Waals surface area contributed by atoms with Gasteiger partial charge in [0.2, 0.25) is 0 Å². The number of nitrogens with zero attached hydrogens (tertiary/aromatic N) is 1. The SMILES string of the molecule is C=CCC1C(C(=O)OC)CN1C(=O)OC(C)(C)C. The van der Waals surface area contributed by atoms with Gasteiger partial charge in [-0.05, 0) is 27.2 Å². The fourth-order valence-electron chi connectivity index (χ4n) is 1.92. The molecule has 18 heavy (non-hydrogen) atoms. The molecule has 1 aliphatic heterocycles. The van der Waals surface area contributed by atoms with Crippen molar-refractivity contribution in [3.8, 4) is 0 Å². The van der Waals surface area contributed by atoms with Gasteiger partial charge in [0, 0.05) is 6.54 Å². The molecule has 1 saturated heterocycles. The van der Waals surface area contributed by atoms with Crippen LogP contribution in [0.2, 0.25) is 0 Å². The second kappa shape index (κ2) is 5.42. The number of hydrogen-bond donors (Lipinski definition) is 0. The van der Waals surface area contributed by atoms with Crippen molar-refractivity contribution in [3.63, 3.8) is 0 Å². The Labute approximate surface area is 108 Å². The summed E-state index contributed by atoms with van der Waals surface area (Å²) in [6.07, 6.45) is 1.85. The van der Waals surface area contributed by atoms with Gasteiger partial charge in [0.05, 0.1) is 19.1 Å². The highest BCUT2D eigenvalue weighted by molar-refractivity contribution is 5.79. The van der Waals surface area contributed by atoms with E-state index in [9.17, 15) is 9.59 Å². The van der Waals surface area contributed by atoms with Crippen LogP contribution in [0.4, 0.5) is 4.79 Å². The maximum absolute atomic E-state index is 11.9. The highest BCUT2D eigenvalue weighted by atomic mass is 16.6. The molecule has 0 radical (unpaired) electrons. The summed E-state index contributed by atoms with van der Waals surface area (Å²) in [5.74, 6) is -0.567. The lowest BCUT2D eigenvalue weighted by molar-refractivity contribution is -0.155. The number of hydrogen-bond acceptors (Lipinski definition) is 4. The number of likely N-dealkylation sites (tertiary alicyclic amines) is 1. The topological polar surface area (TPSA) is 55.8 Å². The maximum Gasteiger partial charge on any atom is 0.410 e. The second-order valence-corrected chi connectivity index (χ2v) is 5.35. The third kappa shape index (κ3) is 3.24. The zero-order valence-electron chi connectivity index (χ0n) is 11.4. The fourth-order valence-corrected chi connectivity index (χ4v) is 1.92. The van der Waals surface area contributed by atoms with Crippen LogP contribution >= 0.6 is 0 Å². The molecule has 0 N–H and O–H groups in total. The van der Waals surface area contributed by atoms with Crippen LogP contribution in [0.15, 0.2) is 12.7 Å². The lowest BCUT2D eigenvalue weighted by Crippen LogP contribution is -2.62. The molecule has 2 unspecified atom stereocenters. The van der Waals surface area contributed by atoms with E-state index in [2.05, 4.69) is 6.58 Å². The molecule has 0 aliphatic carbocycles. The fraction of sp³-hybridized carbons (Fsp3) is 0.692. The van der Waals surface area contributed by atoms with Crippen LogP contribution in [0, 0.1) is 5.92 Å². The molecule has 1 heterocycles. The predicted molar refractivity (Wildman–Crippen MR) is 67.0 cm³/mol. The van der Waals surface area contributed by atoms with Crippen molar-refractivity contribution in [1.29, 1.82) is 0 Å². The van der Waals surface area contributed by atoms with Gasteiger partial charge in [0.15, 0.2) is 0 Å². The molecule has 1 amide bonds. The highest BCUT2D eigenvalue weighted by Gasteiger charge is 2.47. The Morgan fingerprint density at radius 3 is 2.50 bits per heavy atom. The van der Waals surface area contributed by atoms with Crippen LogP contribution in [0.5, 0.6) is 0 Å². The smallest absolute Gasteiger partial charge is 0.410 e. The Morgan fingerprint density at radius 2 is 2.06 bits per heavy atom. The Morgan fingerprint density at radius 1 is 1.44 bits per heavy atom. The minimum absolute atomic E-state index is 0.204. The molecule has 0 spiro atoms. The van der Waals surface area contributed by atoms with Gasteiger partial charge in [-0.25, -0.2) is 4.79 Å². The molecule has 1 fully saturated rings. The van der Waals surface area contributed by atoms with Gasteiger partial charge in [-0.15, -0.1) is 6.58 Å². The summed E-state index contributed by atoms with van der Waals surface area (Å²) in [6.45, 7) is 9.42. The molecule has 1 aliphatic rings. The lowest BCUT2D eigenvalue weighted by Gasteiger charge is -2.46. The second-order valence-electron chi connectivity index (χ2n) is 5.35. The summed E-state index contributed by atoms with van der Waals surface area (Å²) in [5.41, 5.74) is -0.536. The van der Waals surface area contributed by atoms with E-state index in [0.29, 0.717) is 13.0 Å². The minimum Gasteiger partial charge on any atom is -0.469 e. The zero-order valence-corrected chi connectivity index (χ0v) is 11.4. The summed E-state index contributed by atoms with van der Waals surface area (Å²) < 4.78 is 9.99. The summed E-state index contributed by atoms with van der Waals surface area (Å²) in [4.78, 5) is 24.9. The first-order valence-corrected chi connectivity index (χ1v) is 5.98. The van der Waals surface area contributed by atoms with E-state index in [1.807, 2.05) is 20.8 Å². The third-order valence-electron chi connectivity index (χ3n) is 2.80. The van der Waals surface area contributed by atoms with Crippen LogP contribution < -0.4 is 0 Å². The van der Waals surface area contributed by atoms with Crippen LogP contribution in [-0.4, -0.2) is 42.3 Å². The Bertz CT molecular complexity index is 345. The first-order valence-electron chi connectivity index (χ1n) is 5.98. The van der Waals surface area contributed by atoms with Gasteiger partial charge >= 0.3 is 12.1 Å². The van der Waals surface area contributed by atoms with E-state index in [1.165, 1.54) is 7.11 Å². The minimum atomic E-state index is -0.536. The maximum atomic E-state index is 11.9. The normalized spacial score (nSPS) is 23.0. The largest absolute Gasteiger partial charge is 0.469 e. The van der Waals surface area contributed by atoms with E-state index >= 15 is 0 Å². The standard InChI is InChI=1S/C13H21NO4/c1-6-7-10-9(11(15)17-5)8-14(10)12(16)18-13(2,3)4/h6,9-10H,1,7-8H2,2-5H3. The molecule has 0 aromatic carbocycles. The molecule has 1 rings (SSSR count). The van der Waals surface area contributed by atoms with Crippen LogP contribution in [0.1, 0.15) is 27.2 Å². The number of carbonyl (C=O) groups is 2. The molecular formula is C13H21NO4. The van der Waals surface area contributed by atoms with Crippen molar-refractivity contribution in [2.45, 2.75) is 38.8 Å². The quantitative estimate of drug-likeness (QED) is 0.571. The van der Waals surface area contributed by atoms with E-state index < -0.39 is 11.7 Å². The van der Waals surface area contributed by atoms with Crippen molar-refractivity contribution in [1.82, 2.24) is 4.90 Å². The number of methoxy groups -OCH3 is 1. The molecule has 2 atom stereocenters. The van der Waals surface area contributed by atoms with E-state index in [-0.39, 0.29) is 17.9 Å². The average Bonchev–Trinajstić information content (AvgIpc) is 2.21. The average molecular weight is 255 g/mol.